The van der Waals surface area contributed by atoms with Crippen molar-refractivity contribution in [2.75, 3.05) is 57.8 Å². The van der Waals surface area contributed by atoms with E-state index in [0.717, 1.165) is 37.8 Å². The molecular formula is C24H31FN4O5S. The fourth-order valence-electron chi connectivity index (χ4n) is 3.65. The first-order chi connectivity index (χ1) is 16.8. The van der Waals surface area contributed by atoms with Crippen molar-refractivity contribution in [3.63, 3.8) is 0 Å². The number of ether oxygens (including phenoxy) is 1. The number of morpholine rings is 1. The molecule has 2 N–H and O–H groups in total. The lowest BCUT2D eigenvalue weighted by molar-refractivity contribution is 0.0730. The van der Waals surface area contributed by atoms with Crippen molar-refractivity contribution in [2.45, 2.75) is 18.7 Å². The van der Waals surface area contributed by atoms with Gasteiger partial charge in [0.2, 0.25) is 10.0 Å². The molecule has 1 aliphatic heterocycles. The molecule has 11 heteroatoms. The second-order valence-corrected chi connectivity index (χ2v) is 9.91. The fourth-order valence-corrected chi connectivity index (χ4v) is 5.08. The van der Waals surface area contributed by atoms with Crippen LogP contribution in [-0.4, -0.2) is 81.9 Å². The van der Waals surface area contributed by atoms with E-state index in [2.05, 4.69) is 29.4 Å². The van der Waals surface area contributed by atoms with Gasteiger partial charge in [-0.2, -0.15) is 4.31 Å². The number of nitrogens with zero attached hydrogens (tertiary/aromatic N) is 2. The van der Waals surface area contributed by atoms with E-state index in [4.69, 9.17) is 4.74 Å². The summed E-state index contributed by atoms with van der Waals surface area (Å²) in [6.07, 6.45) is 0. The summed E-state index contributed by atoms with van der Waals surface area (Å²) in [5.74, 6) is -1.87. The first-order valence-corrected chi connectivity index (χ1v) is 13.0. The Bertz CT molecular complexity index is 1130. The number of benzene rings is 2. The lowest BCUT2D eigenvalue weighted by Gasteiger charge is -2.26. The highest BCUT2D eigenvalue weighted by Gasteiger charge is 2.28. The summed E-state index contributed by atoms with van der Waals surface area (Å²) in [5, 5.41) is 5.40. The van der Waals surface area contributed by atoms with Crippen LogP contribution in [0.5, 0.6) is 0 Å². The molecular weight excluding hydrogens is 475 g/mol. The van der Waals surface area contributed by atoms with Crippen LogP contribution >= 0.6 is 0 Å². The van der Waals surface area contributed by atoms with E-state index in [9.17, 15) is 22.4 Å². The molecule has 1 aliphatic rings. The standard InChI is InChI=1S/C24H31FN4O5S/c1-3-28(4-2)12-11-26-23(30)18-5-7-19(8-6-18)27-24(31)21-17-20(9-10-22(21)25)35(32,33)29-13-15-34-16-14-29/h5-10,17H,3-4,11-16H2,1-2H3,(H,26,30)(H,27,31). The van der Waals surface area contributed by atoms with Crippen molar-refractivity contribution in [3.05, 3.63) is 59.4 Å². The van der Waals surface area contributed by atoms with Crippen LogP contribution in [0.3, 0.4) is 0 Å². The molecule has 0 spiro atoms. The number of carbonyl (C=O) groups excluding carboxylic acids is 2. The molecule has 0 aromatic heterocycles. The molecule has 3 rings (SSSR count). The topological polar surface area (TPSA) is 108 Å². The highest BCUT2D eigenvalue weighted by atomic mass is 32.2. The maximum Gasteiger partial charge on any atom is 0.258 e. The van der Waals surface area contributed by atoms with E-state index in [1.54, 1.807) is 12.1 Å². The van der Waals surface area contributed by atoms with E-state index >= 15 is 0 Å². The molecule has 0 bridgehead atoms. The van der Waals surface area contributed by atoms with Gasteiger partial charge in [-0.25, -0.2) is 12.8 Å². The zero-order valence-corrected chi connectivity index (χ0v) is 20.7. The molecule has 0 aliphatic carbocycles. The number of sulfonamides is 1. The van der Waals surface area contributed by atoms with Gasteiger partial charge < -0.3 is 20.3 Å². The van der Waals surface area contributed by atoms with E-state index < -0.39 is 27.3 Å². The molecule has 0 atom stereocenters. The molecule has 2 aromatic rings. The van der Waals surface area contributed by atoms with Crippen LogP contribution in [-0.2, 0) is 14.8 Å². The molecule has 1 fully saturated rings. The van der Waals surface area contributed by atoms with E-state index in [-0.39, 0.29) is 37.1 Å². The number of halogens is 1. The number of hydrogen-bond acceptors (Lipinski definition) is 6. The second kappa shape index (κ2) is 12.2. The normalized spacial score (nSPS) is 14.6. The fraction of sp³-hybridized carbons (Fsp3) is 0.417. The number of hydrogen-bond donors (Lipinski definition) is 2. The number of anilines is 1. The van der Waals surface area contributed by atoms with Gasteiger partial charge in [-0.1, -0.05) is 13.8 Å². The Morgan fingerprint density at radius 3 is 2.31 bits per heavy atom. The number of amides is 2. The Morgan fingerprint density at radius 1 is 1.03 bits per heavy atom. The summed E-state index contributed by atoms with van der Waals surface area (Å²) < 4.78 is 46.5. The predicted octanol–water partition coefficient (Wildman–Crippen LogP) is 2.17. The van der Waals surface area contributed by atoms with Gasteiger partial charge in [0.25, 0.3) is 11.8 Å². The molecule has 35 heavy (non-hydrogen) atoms. The Labute approximate surface area is 205 Å². The number of likely N-dealkylation sites (N-methyl/N-ethyl adjacent to an activating group) is 1. The minimum Gasteiger partial charge on any atom is -0.379 e. The van der Waals surface area contributed by atoms with Crippen molar-refractivity contribution in [1.29, 1.82) is 0 Å². The van der Waals surface area contributed by atoms with Crippen LogP contribution in [0.15, 0.2) is 47.4 Å². The van der Waals surface area contributed by atoms with Crippen LogP contribution in [0, 0.1) is 5.82 Å². The van der Waals surface area contributed by atoms with E-state index in [0.29, 0.717) is 17.8 Å². The lowest BCUT2D eigenvalue weighted by Crippen LogP contribution is -2.40. The maximum atomic E-state index is 14.4. The Morgan fingerprint density at radius 2 is 1.69 bits per heavy atom. The Kier molecular flexibility index (Phi) is 9.33. The minimum atomic E-state index is -3.88. The summed E-state index contributed by atoms with van der Waals surface area (Å²) in [7, 11) is -3.88. The number of carbonyl (C=O) groups is 2. The zero-order valence-electron chi connectivity index (χ0n) is 19.9. The SMILES string of the molecule is CCN(CC)CCNC(=O)c1ccc(NC(=O)c2cc(S(=O)(=O)N3CCOCC3)ccc2F)cc1. The van der Waals surface area contributed by atoms with Crippen LogP contribution < -0.4 is 10.6 Å². The first kappa shape index (κ1) is 26.7. The van der Waals surface area contributed by atoms with Crippen molar-refractivity contribution in [2.24, 2.45) is 0 Å². The molecule has 0 unspecified atom stereocenters. The quantitative estimate of drug-likeness (QED) is 0.512. The number of nitrogens with one attached hydrogen (secondary N) is 2. The summed E-state index contributed by atoms with van der Waals surface area (Å²) in [6.45, 7) is 8.13. The van der Waals surface area contributed by atoms with Crippen molar-refractivity contribution < 1.29 is 27.1 Å². The third-order valence-electron chi connectivity index (χ3n) is 5.80. The van der Waals surface area contributed by atoms with Crippen molar-refractivity contribution >= 4 is 27.5 Å². The second-order valence-electron chi connectivity index (χ2n) is 7.97. The van der Waals surface area contributed by atoms with Crippen LogP contribution in [0.4, 0.5) is 10.1 Å². The maximum absolute atomic E-state index is 14.4. The van der Waals surface area contributed by atoms with Crippen LogP contribution in [0.2, 0.25) is 0 Å². The summed E-state index contributed by atoms with van der Waals surface area (Å²) in [6, 6.07) is 9.31. The average Bonchev–Trinajstić information content (AvgIpc) is 2.87. The van der Waals surface area contributed by atoms with Crippen molar-refractivity contribution in [1.82, 2.24) is 14.5 Å². The summed E-state index contributed by atoms with van der Waals surface area (Å²) >= 11 is 0. The van der Waals surface area contributed by atoms with Gasteiger partial charge >= 0.3 is 0 Å². The molecule has 1 heterocycles. The largest absolute Gasteiger partial charge is 0.379 e. The zero-order chi connectivity index (χ0) is 25.4. The summed E-state index contributed by atoms with van der Waals surface area (Å²) in [5.41, 5.74) is 0.375. The van der Waals surface area contributed by atoms with Crippen LogP contribution in [0.1, 0.15) is 34.6 Å². The molecule has 1 saturated heterocycles. The summed E-state index contributed by atoms with van der Waals surface area (Å²) in [4.78, 5) is 27.1. The highest BCUT2D eigenvalue weighted by molar-refractivity contribution is 7.89. The van der Waals surface area contributed by atoms with E-state index in [1.165, 1.54) is 16.4 Å². The monoisotopic (exact) mass is 506 g/mol. The van der Waals surface area contributed by atoms with Gasteiger partial charge in [0.05, 0.1) is 23.7 Å². The van der Waals surface area contributed by atoms with Crippen LogP contribution in [0.25, 0.3) is 0 Å². The molecule has 190 valence electrons. The molecule has 2 aromatic carbocycles. The Hall–Kier alpha value is -2.86. The smallest absolute Gasteiger partial charge is 0.258 e. The molecule has 0 radical (unpaired) electrons. The van der Waals surface area contributed by atoms with Gasteiger partial charge in [-0.05, 0) is 55.6 Å². The molecule has 9 nitrogen and oxygen atoms in total. The lowest BCUT2D eigenvalue weighted by atomic mass is 10.1. The van der Waals surface area contributed by atoms with Gasteiger partial charge in [-0.15, -0.1) is 0 Å². The minimum absolute atomic E-state index is 0.164. The van der Waals surface area contributed by atoms with Gasteiger partial charge in [0, 0.05) is 37.4 Å². The number of rotatable bonds is 10. The van der Waals surface area contributed by atoms with Gasteiger partial charge in [0.1, 0.15) is 5.82 Å². The average molecular weight is 507 g/mol. The third kappa shape index (κ3) is 6.85. The van der Waals surface area contributed by atoms with Crippen molar-refractivity contribution in [3.8, 4) is 0 Å². The van der Waals surface area contributed by atoms with Gasteiger partial charge in [0.15, 0.2) is 0 Å². The first-order valence-electron chi connectivity index (χ1n) is 11.6. The van der Waals surface area contributed by atoms with E-state index in [1.807, 2.05) is 0 Å². The van der Waals surface area contributed by atoms with Gasteiger partial charge in [-0.3, -0.25) is 9.59 Å². The Balaban J connectivity index is 1.65. The third-order valence-corrected chi connectivity index (χ3v) is 7.70. The predicted molar refractivity (Wildman–Crippen MR) is 130 cm³/mol. The molecule has 2 amide bonds. The highest BCUT2D eigenvalue weighted by Crippen LogP contribution is 2.21. The molecule has 0 saturated carbocycles.